The molecule has 1 fully saturated rings. The Labute approximate surface area is 120 Å². The van der Waals surface area contributed by atoms with Crippen molar-refractivity contribution in [1.29, 1.82) is 0 Å². The third kappa shape index (κ3) is 3.00. The van der Waals surface area contributed by atoms with Crippen molar-refractivity contribution in [2.75, 3.05) is 13.1 Å². The van der Waals surface area contributed by atoms with Crippen LogP contribution in [0.4, 0.5) is 0 Å². The van der Waals surface area contributed by atoms with E-state index in [-0.39, 0.29) is 11.8 Å². The summed E-state index contributed by atoms with van der Waals surface area (Å²) >= 11 is 0. The van der Waals surface area contributed by atoms with Gasteiger partial charge in [0, 0.05) is 31.0 Å². The summed E-state index contributed by atoms with van der Waals surface area (Å²) in [4.78, 5) is 14.3. The second-order valence-corrected chi connectivity index (χ2v) is 5.25. The van der Waals surface area contributed by atoms with Gasteiger partial charge in [-0.2, -0.15) is 0 Å². The molecule has 0 bridgehead atoms. The number of rotatable bonds is 3. The molecule has 1 unspecified atom stereocenters. The standard InChI is InChI=1S/C16H22N2O2/c1-3-12-5-7-14(8-6-12)16(19)18-10-9-15(17-20)13(4-2)11-18/h5-8,13,20H,3-4,9-11H2,1-2H3/b17-15+. The van der Waals surface area contributed by atoms with E-state index in [4.69, 9.17) is 5.21 Å². The van der Waals surface area contributed by atoms with Crippen LogP contribution in [0.25, 0.3) is 0 Å². The molecular formula is C16H22N2O2. The number of likely N-dealkylation sites (tertiary alicyclic amines) is 1. The molecule has 0 aromatic heterocycles. The topological polar surface area (TPSA) is 52.9 Å². The summed E-state index contributed by atoms with van der Waals surface area (Å²) in [7, 11) is 0. The fourth-order valence-corrected chi connectivity index (χ4v) is 2.66. The third-order valence-corrected chi connectivity index (χ3v) is 4.07. The fourth-order valence-electron chi connectivity index (χ4n) is 2.66. The van der Waals surface area contributed by atoms with E-state index in [1.54, 1.807) is 0 Å². The lowest BCUT2D eigenvalue weighted by atomic mass is 9.93. The predicted molar refractivity (Wildman–Crippen MR) is 79.3 cm³/mol. The van der Waals surface area contributed by atoms with Crippen LogP contribution in [0, 0.1) is 5.92 Å². The molecule has 0 spiro atoms. The molecule has 4 heteroatoms. The highest BCUT2D eigenvalue weighted by molar-refractivity contribution is 5.96. The van der Waals surface area contributed by atoms with Crippen LogP contribution in [0.3, 0.4) is 0 Å². The zero-order chi connectivity index (χ0) is 14.5. The molecule has 1 atom stereocenters. The Bertz CT molecular complexity index is 494. The van der Waals surface area contributed by atoms with Crippen LogP contribution in [-0.4, -0.2) is 34.8 Å². The Kier molecular flexibility index (Phi) is 4.77. The van der Waals surface area contributed by atoms with Crippen molar-refractivity contribution in [3.8, 4) is 0 Å². The van der Waals surface area contributed by atoms with Crippen molar-refractivity contribution in [3.63, 3.8) is 0 Å². The first kappa shape index (κ1) is 14.6. The highest BCUT2D eigenvalue weighted by Gasteiger charge is 2.28. The van der Waals surface area contributed by atoms with Crippen molar-refractivity contribution in [3.05, 3.63) is 35.4 Å². The SMILES string of the molecule is CCc1ccc(C(=O)N2CC/C(=N\O)C(CC)C2)cc1. The van der Waals surface area contributed by atoms with E-state index in [1.807, 2.05) is 29.2 Å². The molecule has 1 saturated heterocycles. The van der Waals surface area contributed by atoms with Gasteiger partial charge >= 0.3 is 0 Å². The maximum absolute atomic E-state index is 12.5. The van der Waals surface area contributed by atoms with Crippen LogP contribution < -0.4 is 0 Å². The summed E-state index contributed by atoms with van der Waals surface area (Å²) in [5, 5.41) is 12.3. The van der Waals surface area contributed by atoms with E-state index in [0.29, 0.717) is 19.5 Å². The quantitative estimate of drug-likeness (QED) is 0.680. The lowest BCUT2D eigenvalue weighted by Crippen LogP contribution is -2.44. The number of amides is 1. The van der Waals surface area contributed by atoms with E-state index in [1.165, 1.54) is 5.56 Å². The normalized spacial score (nSPS) is 21.2. The number of hydrogen-bond acceptors (Lipinski definition) is 3. The van der Waals surface area contributed by atoms with Crippen LogP contribution in [0.2, 0.25) is 0 Å². The molecule has 1 heterocycles. The van der Waals surface area contributed by atoms with Gasteiger partial charge in [0.1, 0.15) is 0 Å². The number of oxime groups is 1. The van der Waals surface area contributed by atoms with Crippen LogP contribution in [0.5, 0.6) is 0 Å². The van der Waals surface area contributed by atoms with Gasteiger partial charge in [-0.3, -0.25) is 4.79 Å². The van der Waals surface area contributed by atoms with E-state index < -0.39 is 0 Å². The maximum Gasteiger partial charge on any atom is 0.253 e. The molecule has 0 radical (unpaired) electrons. The lowest BCUT2D eigenvalue weighted by molar-refractivity contribution is 0.0729. The van der Waals surface area contributed by atoms with Gasteiger partial charge in [-0.15, -0.1) is 0 Å². The first-order valence-corrected chi connectivity index (χ1v) is 7.28. The second-order valence-electron chi connectivity index (χ2n) is 5.25. The smallest absolute Gasteiger partial charge is 0.253 e. The average Bonchev–Trinajstić information content (AvgIpc) is 2.53. The number of piperidine rings is 1. The Morgan fingerprint density at radius 3 is 2.60 bits per heavy atom. The third-order valence-electron chi connectivity index (χ3n) is 4.07. The van der Waals surface area contributed by atoms with Gasteiger partial charge in [0.2, 0.25) is 0 Å². The number of hydrogen-bond donors (Lipinski definition) is 1. The van der Waals surface area contributed by atoms with E-state index >= 15 is 0 Å². The Morgan fingerprint density at radius 1 is 1.35 bits per heavy atom. The predicted octanol–water partition coefficient (Wildman–Crippen LogP) is 2.95. The zero-order valence-electron chi connectivity index (χ0n) is 12.2. The first-order valence-electron chi connectivity index (χ1n) is 7.28. The highest BCUT2D eigenvalue weighted by Crippen LogP contribution is 2.19. The molecule has 20 heavy (non-hydrogen) atoms. The van der Waals surface area contributed by atoms with Crippen LogP contribution in [-0.2, 0) is 6.42 Å². The van der Waals surface area contributed by atoms with Crippen molar-refractivity contribution in [2.24, 2.45) is 11.1 Å². The molecule has 1 aliphatic rings. The summed E-state index contributed by atoms with van der Waals surface area (Å²) in [5.41, 5.74) is 2.79. The van der Waals surface area contributed by atoms with Gasteiger partial charge in [-0.1, -0.05) is 31.1 Å². The monoisotopic (exact) mass is 274 g/mol. The number of nitrogens with zero attached hydrogens (tertiary/aromatic N) is 2. The minimum atomic E-state index is 0.0723. The number of aryl methyl sites for hydroxylation is 1. The highest BCUT2D eigenvalue weighted by atomic mass is 16.4. The zero-order valence-corrected chi connectivity index (χ0v) is 12.2. The molecule has 1 N–H and O–H groups in total. The molecule has 108 valence electrons. The van der Waals surface area contributed by atoms with E-state index in [0.717, 1.165) is 24.1 Å². The summed E-state index contributed by atoms with van der Waals surface area (Å²) in [6.45, 7) is 5.43. The molecule has 4 nitrogen and oxygen atoms in total. The molecule has 1 aromatic carbocycles. The fraction of sp³-hybridized carbons (Fsp3) is 0.500. The van der Waals surface area contributed by atoms with Crippen molar-refractivity contribution in [1.82, 2.24) is 4.90 Å². The van der Waals surface area contributed by atoms with Gasteiger partial charge < -0.3 is 10.1 Å². The molecule has 0 aliphatic carbocycles. The second kappa shape index (κ2) is 6.55. The molecule has 2 rings (SSSR count). The van der Waals surface area contributed by atoms with Crippen LogP contribution in [0.1, 0.15) is 42.6 Å². The minimum absolute atomic E-state index is 0.0723. The van der Waals surface area contributed by atoms with Gasteiger partial charge in [-0.05, 0) is 30.5 Å². The van der Waals surface area contributed by atoms with Crippen molar-refractivity contribution >= 4 is 11.6 Å². The molecular weight excluding hydrogens is 252 g/mol. The maximum atomic E-state index is 12.5. The number of carbonyl (C=O) groups is 1. The number of carbonyl (C=O) groups excluding carboxylic acids is 1. The molecule has 0 saturated carbocycles. The number of benzene rings is 1. The molecule has 1 aromatic rings. The van der Waals surface area contributed by atoms with Gasteiger partial charge in [0.15, 0.2) is 0 Å². The Morgan fingerprint density at radius 2 is 2.05 bits per heavy atom. The van der Waals surface area contributed by atoms with Gasteiger partial charge in [-0.25, -0.2) is 0 Å². The van der Waals surface area contributed by atoms with Crippen LogP contribution in [0.15, 0.2) is 29.4 Å². The van der Waals surface area contributed by atoms with Gasteiger partial charge in [0.25, 0.3) is 5.91 Å². The average molecular weight is 274 g/mol. The van der Waals surface area contributed by atoms with Crippen molar-refractivity contribution < 1.29 is 10.0 Å². The summed E-state index contributed by atoms with van der Waals surface area (Å²) in [6, 6.07) is 7.82. The van der Waals surface area contributed by atoms with E-state index in [9.17, 15) is 4.79 Å². The largest absolute Gasteiger partial charge is 0.411 e. The first-order chi connectivity index (χ1) is 9.69. The van der Waals surface area contributed by atoms with Gasteiger partial charge in [0.05, 0.1) is 5.71 Å². The summed E-state index contributed by atoms with van der Waals surface area (Å²) in [5.74, 6) is 0.246. The van der Waals surface area contributed by atoms with Crippen LogP contribution >= 0.6 is 0 Å². The van der Waals surface area contributed by atoms with Crippen molar-refractivity contribution in [2.45, 2.75) is 33.1 Å². The lowest BCUT2D eigenvalue weighted by Gasteiger charge is -2.32. The Hall–Kier alpha value is -1.84. The van der Waals surface area contributed by atoms with E-state index in [2.05, 4.69) is 19.0 Å². The minimum Gasteiger partial charge on any atom is -0.411 e. The Balaban J connectivity index is 2.09. The summed E-state index contributed by atoms with van der Waals surface area (Å²) < 4.78 is 0. The summed E-state index contributed by atoms with van der Waals surface area (Å²) in [6.07, 6.45) is 2.53. The molecule has 1 aliphatic heterocycles. The molecule has 1 amide bonds.